The van der Waals surface area contributed by atoms with Crippen molar-refractivity contribution in [2.24, 2.45) is 5.73 Å². The van der Waals surface area contributed by atoms with Gasteiger partial charge in [-0.15, -0.1) is 11.8 Å². The smallest absolute Gasteiger partial charge is 0.161 e. The Kier molecular flexibility index (Phi) is 5.70. The third-order valence-corrected chi connectivity index (χ3v) is 4.66. The molecule has 4 nitrogen and oxygen atoms in total. The average Bonchev–Trinajstić information content (AvgIpc) is 2.89. The van der Waals surface area contributed by atoms with Crippen molar-refractivity contribution in [3.05, 3.63) is 41.7 Å². The van der Waals surface area contributed by atoms with Crippen LogP contribution in [-0.4, -0.2) is 22.6 Å². The molecule has 0 amide bonds. The van der Waals surface area contributed by atoms with E-state index in [0.717, 1.165) is 30.2 Å². The van der Waals surface area contributed by atoms with Gasteiger partial charge in [0, 0.05) is 17.2 Å². The van der Waals surface area contributed by atoms with E-state index in [0.29, 0.717) is 0 Å². The molecule has 2 aromatic rings. The molecule has 1 aromatic heterocycles. The lowest BCUT2D eigenvalue weighted by atomic mass is 10.2. The maximum atomic E-state index is 6.38. The van der Waals surface area contributed by atoms with Crippen molar-refractivity contribution in [2.45, 2.75) is 37.8 Å². The minimum absolute atomic E-state index is 0.0985. The van der Waals surface area contributed by atoms with E-state index in [9.17, 15) is 0 Å². The molecule has 0 spiro atoms. The van der Waals surface area contributed by atoms with Crippen LogP contribution in [-0.2, 0) is 6.54 Å². The Balaban J connectivity index is 2.11. The van der Waals surface area contributed by atoms with E-state index in [1.165, 1.54) is 10.5 Å². The van der Waals surface area contributed by atoms with E-state index < -0.39 is 0 Å². The van der Waals surface area contributed by atoms with Crippen molar-refractivity contribution in [3.63, 3.8) is 0 Å². The first-order valence-corrected chi connectivity index (χ1v) is 8.19. The summed E-state index contributed by atoms with van der Waals surface area (Å²) in [6.45, 7) is 5.11. The van der Waals surface area contributed by atoms with Gasteiger partial charge in [-0.2, -0.15) is 5.10 Å². The Morgan fingerprint density at radius 1 is 1.38 bits per heavy atom. The van der Waals surface area contributed by atoms with Gasteiger partial charge in [0.05, 0.1) is 25.0 Å². The molecule has 0 aliphatic carbocycles. The topological polar surface area (TPSA) is 53.1 Å². The van der Waals surface area contributed by atoms with E-state index >= 15 is 0 Å². The number of hydrogen-bond donors (Lipinski definition) is 1. The Bertz CT molecular complexity index is 583. The molecule has 0 fully saturated rings. The minimum atomic E-state index is -0.0985. The highest BCUT2D eigenvalue weighted by Gasteiger charge is 2.18. The lowest BCUT2D eigenvalue weighted by molar-refractivity contribution is 0.403. The predicted molar refractivity (Wildman–Crippen MR) is 87.9 cm³/mol. The summed E-state index contributed by atoms with van der Waals surface area (Å²) < 4.78 is 7.36. The largest absolute Gasteiger partial charge is 0.493 e. The van der Waals surface area contributed by atoms with Crippen LogP contribution in [0.25, 0.3) is 0 Å². The Hall–Kier alpha value is -1.46. The molecule has 0 aliphatic heterocycles. The summed E-state index contributed by atoms with van der Waals surface area (Å²) in [5.41, 5.74) is 8.65. The van der Waals surface area contributed by atoms with Crippen LogP contribution in [0.3, 0.4) is 0 Å². The number of ether oxygens (including phenoxy) is 1. The number of aryl methyl sites for hydroxylation is 2. The van der Waals surface area contributed by atoms with Crippen molar-refractivity contribution in [2.75, 3.05) is 12.9 Å². The van der Waals surface area contributed by atoms with Gasteiger partial charge < -0.3 is 10.5 Å². The number of benzene rings is 1. The van der Waals surface area contributed by atoms with Crippen LogP contribution < -0.4 is 10.5 Å². The standard InChI is InChI=1S/C16H23N3OS/c1-4-9-19-16(14(20-3)10-18-19)13(17)11-21-15-8-6-5-7-12(15)2/h5-8,10,13H,4,9,11,17H2,1-3H3. The Morgan fingerprint density at radius 3 is 2.81 bits per heavy atom. The molecule has 21 heavy (non-hydrogen) atoms. The van der Waals surface area contributed by atoms with Crippen LogP contribution in [0.15, 0.2) is 35.4 Å². The molecule has 0 bridgehead atoms. The van der Waals surface area contributed by atoms with Gasteiger partial charge in [-0.05, 0) is 25.0 Å². The number of methoxy groups -OCH3 is 1. The molecule has 2 N–H and O–H groups in total. The first kappa shape index (κ1) is 15.9. The molecular formula is C16H23N3OS. The first-order valence-electron chi connectivity index (χ1n) is 7.21. The summed E-state index contributed by atoms with van der Waals surface area (Å²) in [4.78, 5) is 1.27. The number of aromatic nitrogens is 2. The third kappa shape index (κ3) is 3.80. The fraction of sp³-hybridized carbons (Fsp3) is 0.438. The van der Waals surface area contributed by atoms with E-state index in [4.69, 9.17) is 10.5 Å². The molecule has 1 atom stereocenters. The van der Waals surface area contributed by atoms with Gasteiger partial charge in [-0.1, -0.05) is 25.1 Å². The zero-order valence-corrected chi connectivity index (χ0v) is 13.7. The minimum Gasteiger partial charge on any atom is -0.493 e. The van der Waals surface area contributed by atoms with E-state index in [-0.39, 0.29) is 6.04 Å². The maximum Gasteiger partial charge on any atom is 0.161 e. The molecule has 5 heteroatoms. The van der Waals surface area contributed by atoms with E-state index in [2.05, 4.69) is 43.2 Å². The normalized spacial score (nSPS) is 12.4. The highest BCUT2D eigenvalue weighted by molar-refractivity contribution is 7.99. The van der Waals surface area contributed by atoms with E-state index in [1.807, 2.05) is 4.68 Å². The van der Waals surface area contributed by atoms with Crippen LogP contribution >= 0.6 is 11.8 Å². The molecule has 1 aromatic carbocycles. The third-order valence-electron chi connectivity index (χ3n) is 3.36. The lowest BCUT2D eigenvalue weighted by Crippen LogP contribution is -2.19. The van der Waals surface area contributed by atoms with Gasteiger partial charge in [0.25, 0.3) is 0 Å². The first-order chi connectivity index (χ1) is 10.2. The van der Waals surface area contributed by atoms with Crippen LogP contribution in [0.5, 0.6) is 5.75 Å². The van der Waals surface area contributed by atoms with Crippen LogP contribution in [0.4, 0.5) is 0 Å². The summed E-state index contributed by atoms with van der Waals surface area (Å²) in [6, 6.07) is 8.27. The molecule has 0 saturated carbocycles. The van der Waals surface area contributed by atoms with Crippen LogP contribution in [0, 0.1) is 6.92 Å². The molecular weight excluding hydrogens is 282 g/mol. The fourth-order valence-corrected chi connectivity index (χ4v) is 3.26. The second kappa shape index (κ2) is 7.52. The van der Waals surface area contributed by atoms with E-state index in [1.54, 1.807) is 25.1 Å². The SMILES string of the molecule is CCCn1ncc(OC)c1C(N)CSc1ccccc1C. The summed E-state index contributed by atoms with van der Waals surface area (Å²) in [7, 11) is 1.66. The monoisotopic (exact) mass is 305 g/mol. The summed E-state index contributed by atoms with van der Waals surface area (Å²) in [6.07, 6.45) is 2.78. The summed E-state index contributed by atoms with van der Waals surface area (Å²) >= 11 is 1.78. The fourth-order valence-electron chi connectivity index (χ4n) is 2.28. The van der Waals surface area contributed by atoms with Crippen molar-refractivity contribution in [1.82, 2.24) is 9.78 Å². The van der Waals surface area contributed by atoms with Gasteiger partial charge in [0.2, 0.25) is 0 Å². The van der Waals surface area contributed by atoms with Crippen molar-refractivity contribution < 1.29 is 4.74 Å². The molecule has 0 radical (unpaired) electrons. The summed E-state index contributed by atoms with van der Waals surface area (Å²) in [5.74, 6) is 1.58. The van der Waals surface area contributed by atoms with Crippen molar-refractivity contribution in [1.29, 1.82) is 0 Å². The van der Waals surface area contributed by atoms with Crippen LogP contribution in [0.2, 0.25) is 0 Å². The molecule has 2 rings (SSSR count). The number of nitrogens with zero attached hydrogens (tertiary/aromatic N) is 2. The number of hydrogen-bond acceptors (Lipinski definition) is 4. The van der Waals surface area contributed by atoms with Gasteiger partial charge in [-0.25, -0.2) is 0 Å². The van der Waals surface area contributed by atoms with Gasteiger partial charge in [0.1, 0.15) is 0 Å². The zero-order valence-electron chi connectivity index (χ0n) is 12.9. The number of rotatable bonds is 7. The van der Waals surface area contributed by atoms with Crippen molar-refractivity contribution >= 4 is 11.8 Å². The summed E-state index contributed by atoms with van der Waals surface area (Å²) in [5, 5.41) is 4.37. The number of nitrogens with two attached hydrogens (primary N) is 1. The maximum absolute atomic E-state index is 6.38. The predicted octanol–water partition coefficient (Wildman–Crippen LogP) is 3.40. The van der Waals surface area contributed by atoms with Gasteiger partial charge >= 0.3 is 0 Å². The van der Waals surface area contributed by atoms with Crippen molar-refractivity contribution in [3.8, 4) is 5.75 Å². The highest BCUT2D eigenvalue weighted by Crippen LogP contribution is 2.30. The number of thioether (sulfide) groups is 1. The Morgan fingerprint density at radius 2 is 2.14 bits per heavy atom. The zero-order chi connectivity index (χ0) is 15.2. The lowest BCUT2D eigenvalue weighted by Gasteiger charge is -2.16. The molecule has 1 heterocycles. The molecule has 0 saturated heterocycles. The van der Waals surface area contributed by atoms with Gasteiger partial charge in [-0.3, -0.25) is 4.68 Å². The highest BCUT2D eigenvalue weighted by atomic mass is 32.2. The second-order valence-corrected chi connectivity index (χ2v) is 6.07. The van der Waals surface area contributed by atoms with Crippen LogP contribution in [0.1, 0.15) is 30.6 Å². The molecule has 114 valence electrons. The van der Waals surface area contributed by atoms with Gasteiger partial charge in [0.15, 0.2) is 5.75 Å². The molecule has 1 unspecified atom stereocenters. The quantitative estimate of drug-likeness (QED) is 0.797. The second-order valence-electron chi connectivity index (χ2n) is 5.00. The molecule has 0 aliphatic rings. The average molecular weight is 305 g/mol. The Labute approximate surface area is 130 Å².